The molecule has 1 aliphatic heterocycles. The Morgan fingerprint density at radius 2 is 2.06 bits per heavy atom. The first-order valence-corrected chi connectivity index (χ1v) is 10.7. The van der Waals surface area contributed by atoms with E-state index in [-0.39, 0.29) is 18.1 Å². The zero-order valence-electron chi connectivity index (χ0n) is 17.6. The third kappa shape index (κ3) is 3.63. The average molecular weight is 425 g/mol. The van der Waals surface area contributed by atoms with Crippen LogP contribution in [0, 0.1) is 11.3 Å². The molecule has 3 aromatic heterocycles. The van der Waals surface area contributed by atoms with Gasteiger partial charge in [-0.3, -0.25) is 14.3 Å². The lowest BCUT2D eigenvalue weighted by molar-refractivity contribution is 0.487. The van der Waals surface area contributed by atoms with Crippen molar-refractivity contribution in [2.75, 3.05) is 18.0 Å². The Hall–Kier alpha value is -3.96. The lowest BCUT2D eigenvalue weighted by Crippen LogP contribution is -2.46. The van der Waals surface area contributed by atoms with Crippen molar-refractivity contribution in [1.82, 2.24) is 19.2 Å². The minimum Gasteiger partial charge on any atom is -0.339 e. The van der Waals surface area contributed by atoms with Crippen molar-refractivity contribution in [1.29, 1.82) is 5.26 Å². The van der Waals surface area contributed by atoms with Crippen LogP contribution in [-0.4, -0.2) is 38.3 Å². The normalized spacial score (nSPS) is 16.2. The van der Waals surface area contributed by atoms with E-state index in [1.54, 1.807) is 27.5 Å². The van der Waals surface area contributed by atoms with Crippen LogP contribution in [0.5, 0.6) is 0 Å². The van der Waals surface area contributed by atoms with E-state index in [1.165, 1.54) is 0 Å². The highest BCUT2D eigenvalue weighted by Gasteiger charge is 2.23. The van der Waals surface area contributed by atoms with E-state index < -0.39 is 0 Å². The number of nitriles is 1. The smallest absolute Gasteiger partial charge is 0.279 e. The van der Waals surface area contributed by atoms with Crippen molar-refractivity contribution >= 4 is 11.5 Å². The SMILES string of the molecule is N#Cc1ccccc1Cn1c(N2CCC[C@@H](N)C2)nn2cc(-c3cccnc3)cc2c1=O. The zero-order valence-corrected chi connectivity index (χ0v) is 17.6. The molecule has 0 spiro atoms. The van der Waals surface area contributed by atoms with Crippen LogP contribution >= 0.6 is 0 Å². The van der Waals surface area contributed by atoms with Gasteiger partial charge in [0.05, 0.1) is 18.2 Å². The molecule has 0 aliphatic carbocycles. The van der Waals surface area contributed by atoms with Crippen molar-refractivity contribution in [3.63, 3.8) is 0 Å². The second-order valence-electron chi connectivity index (χ2n) is 8.11. The van der Waals surface area contributed by atoms with Gasteiger partial charge < -0.3 is 10.6 Å². The summed E-state index contributed by atoms with van der Waals surface area (Å²) in [4.78, 5) is 19.9. The van der Waals surface area contributed by atoms with Gasteiger partial charge in [0, 0.05) is 48.8 Å². The molecule has 5 rings (SSSR count). The largest absolute Gasteiger partial charge is 0.339 e. The van der Waals surface area contributed by atoms with E-state index in [1.807, 2.05) is 42.6 Å². The monoisotopic (exact) mass is 425 g/mol. The summed E-state index contributed by atoms with van der Waals surface area (Å²) in [5.74, 6) is 0.568. The summed E-state index contributed by atoms with van der Waals surface area (Å²) in [5, 5.41) is 14.4. The Morgan fingerprint density at radius 1 is 1.19 bits per heavy atom. The lowest BCUT2D eigenvalue weighted by Gasteiger charge is -2.32. The van der Waals surface area contributed by atoms with E-state index in [9.17, 15) is 10.1 Å². The third-order valence-electron chi connectivity index (χ3n) is 5.91. The van der Waals surface area contributed by atoms with Gasteiger partial charge in [-0.25, -0.2) is 4.52 Å². The zero-order chi connectivity index (χ0) is 22.1. The molecule has 8 heteroatoms. The van der Waals surface area contributed by atoms with Crippen molar-refractivity contribution in [3.05, 3.63) is 82.5 Å². The topological polar surface area (TPSA) is 105 Å². The van der Waals surface area contributed by atoms with Crippen LogP contribution in [-0.2, 0) is 6.54 Å². The molecule has 8 nitrogen and oxygen atoms in total. The molecule has 32 heavy (non-hydrogen) atoms. The number of pyridine rings is 1. The quantitative estimate of drug-likeness (QED) is 0.538. The van der Waals surface area contributed by atoms with Gasteiger partial charge in [0.2, 0.25) is 5.95 Å². The maximum Gasteiger partial charge on any atom is 0.279 e. The number of rotatable bonds is 4. The highest BCUT2D eigenvalue weighted by atomic mass is 16.1. The van der Waals surface area contributed by atoms with Crippen LogP contribution < -0.4 is 16.2 Å². The molecule has 4 aromatic rings. The van der Waals surface area contributed by atoms with Crippen LogP contribution in [0.1, 0.15) is 24.0 Å². The fourth-order valence-electron chi connectivity index (χ4n) is 4.27. The van der Waals surface area contributed by atoms with Crippen LogP contribution in [0.2, 0.25) is 0 Å². The van der Waals surface area contributed by atoms with Crippen molar-refractivity contribution in [2.45, 2.75) is 25.4 Å². The molecule has 160 valence electrons. The summed E-state index contributed by atoms with van der Waals surface area (Å²) >= 11 is 0. The predicted molar refractivity (Wildman–Crippen MR) is 122 cm³/mol. The van der Waals surface area contributed by atoms with Gasteiger partial charge >= 0.3 is 0 Å². The highest BCUT2D eigenvalue weighted by molar-refractivity contribution is 5.69. The van der Waals surface area contributed by atoms with Crippen molar-refractivity contribution in [3.8, 4) is 17.2 Å². The number of benzene rings is 1. The molecule has 0 radical (unpaired) electrons. The molecule has 0 unspecified atom stereocenters. The first-order valence-electron chi connectivity index (χ1n) is 10.7. The summed E-state index contributed by atoms with van der Waals surface area (Å²) in [6.07, 6.45) is 7.23. The average Bonchev–Trinajstić information content (AvgIpc) is 3.26. The second-order valence-corrected chi connectivity index (χ2v) is 8.11. The van der Waals surface area contributed by atoms with E-state index in [4.69, 9.17) is 10.8 Å². The molecular weight excluding hydrogens is 402 g/mol. The van der Waals surface area contributed by atoms with Gasteiger partial charge in [-0.15, -0.1) is 5.10 Å². The Labute approximate surface area is 185 Å². The van der Waals surface area contributed by atoms with E-state index in [0.29, 0.717) is 23.6 Å². The van der Waals surface area contributed by atoms with Gasteiger partial charge in [-0.1, -0.05) is 24.3 Å². The number of hydrogen-bond donors (Lipinski definition) is 1. The van der Waals surface area contributed by atoms with Crippen LogP contribution in [0.3, 0.4) is 0 Å². The van der Waals surface area contributed by atoms with Gasteiger partial charge in [-0.2, -0.15) is 5.26 Å². The fraction of sp³-hybridized carbons (Fsp3) is 0.250. The molecule has 1 saturated heterocycles. The number of fused-ring (bicyclic) bond motifs is 1. The molecule has 0 saturated carbocycles. The Bertz CT molecular complexity index is 1370. The number of hydrogen-bond acceptors (Lipinski definition) is 6. The number of piperidine rings is 1. The molecule has 1 atom stereocenters. The summed E-state index contributed by atoms with van der Waals surface area (Å²) < 4.78 is 3.31. The molecule has 2 N–H and O–H groups in total. The molecule has 0 bridgehead atoms. The first kappa shape index (κ1) is 20.0. The van der Waals surface area contributed by atoms with Gasteiger partial charge in [-0.05, 0) is 36.6 Å². The Morgan fingerprint density at radius 3 is 2.84 bits per heavy atom. The number of nitrogens with two attached hydrogens (primary N) is 1. The van der Waals surface area contributed by atoms with Gasteiger partial charge in [0.1, 0.15) is 5.52 Å². The summed E-state index contributed by atoms with van der Waals surface area (Å²) in [5.41, 5.74) is 9.67. The van der Waals surface area contributed by atoms with Crippen molar-refractivity contribution < 1.29 is 0 Å². The molecule has 1 aromatic carbocycles. The standard InChI is InChI=1S/C24H23N7O/c25-12-17-5-1-2-6-19(17)14-30-23(32)22-11-20(18-7-3-9-27-13-18)15-31(22)28-24(30)29-10-4-8-21(26)16-29/h1-3,5-7,9,11,13,15,21H,4,8,10,14,16,26H2/t21-/m1/s1. The second kappa shape index (κ2) is 8.29. The summed E-state index contributed by atoms with van der Waals surface area (Å²) in [7, 11) is 0. The summed E-state index contributed by atoms with van der Waals surface area (Å²) in [6.45, 7) is 1.68. The highest BCUT2D eigenvalue weighted by Crippen LogP contribution is 2.23. The Balaban J connectivity index is 1.68. The van der Waals surface area contributed by atoms with Gasteiger partial charge in [0.25, 0.3) is 5.56 Å². The number of aromatic nitrogens is 4. The van der Waals surface area contributed by atoms with Crippen LogP contribution in [0.15, 0.2) is 65.8 Å². The molecule has 0 amide bonds. The first-order chi connectivity index (χ1) is 15.6. The predicted octanol–water partition coefficient (Wildman–Crippen LogP) is 2.41. The van der Waals surface area contributed by atoms with Crippen LogP contribution in [0.25, 0.3) is 16.6 Å². The van der Waals surface area contributed by atoms with E-state index >= 15 is 0 Å². The van der Waals surface area contributed by atoms with Crippen LogP contribution in [0.4, 0.5) is 5.95 Å². The van der Waals surface area contributed by atoms with E-state index in [2.05, 4.69) is 16.0 Å². The number of anilines is 1. The molecular formula is C24H23N7O. The maximum atomic E-state index is 13.7. The lowest BCUT2D eigenvalue weighted by atomic mass is 10.1. The van der Waals surface area contributed by atoms with Gasteiger partial charge in [0.15, 0.2) is 0 Å². The van der Waals surface area contributed by atoms with E-state index in [0.717, 1.165) is 36.1 Å². The minimum absolute atomic E-state index is 0.0341. The minimum atomic E-state index is -0.156. The fourth-order valence-corrected chi connectivity index (χ4v) is 4.27. The molecule has 1 aliphatic rings. The molecule has 4 heterocycles. The summed E-state index contributed by atoms with van der Waals surface area (Å²) in [6, 6.07) is 15.3. The van der Waals surface area contributed by atoms with Crippen molar-refractivity contribution in [2.24, 2.45) is 5.73 Å². The number of nitrogens with zero attached hydrogens (tertiary/aromatic N) is 6. The third-order valence-corrected chi connectivity index (χ3v) is 5.91. The molecule has 1 fully saturated rings. The Kier molecular flexibility index (Phi) is 5.17. The maximum absolute atomic E-state index is 13.7.